The summed E-state index contributed by atoms with van der Waals surface area (Å²) in [7, 11) is 0. The van der Waals surface area contributed by atoms with Crippen molar-refractivity contribution in [3.8, 4) is 0 Å². The maximum Gasteiger partial charge on any atom is 0.146 e. The third-order valence-electron chi connectivity index (χ3n) is 4.31. The summed E-state index contributed by atoms with van der Waals surface area (Å²) in [5.41, 5.74) is 3.96. The molecule has 3 rings (SSSR count). The minimum atomic E-state index is -0.158. The summed E-state index contributed by atoms with van der Waals surface area (Å²) in [5, 5.41) is 0. The van der Waals surface area contributed by atoms with Crippen LogP contribution in [0.2, 0.25) is 0 Å². The van der Waals surface area contributed by atoms with Crippen molar-refractivity contribution in [2.45, 2.75) is 25.7 Å². The number of aromatic nitrogens is 1. The van der Waals surface area contributed by atoms with Gasteiger partial charge in [-0.25, -0.2) is 0 Å². The van der Waals surface area contributed by atoms with Crippen LogP contribution in [0.5, 0.6) is 0 Å². The zero-order valence-electron chi connectivity index (χ0n) is 14.2. The Morgan fingerprint density at radius 1 is 0.960 bits per heavy atom. The lowest BCUT2D eigenvalue weighted by Gasteiger charge is -2.17. The van der Waals surface area contributed by atoms with E-state index in [1.54, 1.807) is 0 Å². The maximum absolute atomic E-state index is 13.1. The van der Waals surface area contributed by atoms with Crippen LogP contribution >= 0.6 is 15.9 Å². The lowest BCUT2D eigenvalue weighted by Crippen LogP contribution is -2.18. The molecular weight excluding hydrogens is 374 g/mol. The van der Waals surface area contributed by atoms with E-state index < -0.39 is 0 Å². The highest BCUT2D eigenvalue weighted by atomic mass is 79.9. The number of aryl methyl sites for hydroxylation is 1. The van der Waals surface area contributed by atoms with Gasteiger partial charge in [-0.2, -0.15) is 0 Å². The van der Waals surface area contributed by atoms with E-state index in [9.17, 15) is 4.79 Å². The van der Waals surface area contributed by atoms with Crippen LogP contribution in [0.1, 0.15) is 28.4 Å². The smallest absolute Gasteiger partial charge is 0.146 e. The van der Waals surface area contributed by atoms with Gasteiger partial charge in [0.15, 0.2) is 0 Å². The number of carbonyl (C=O) groups excluding carboxylic acids is 1. The van der Waals surface area contributed by atoms with Crippen molar-refractivity contribution in [3.63, 3.8) is 0 Å². The number of Topliss-reactive ketones (excluding diaryl/α,β-unsaturated/α-hetero) is 1. The Hall–Kier alpha value is -2.26. The van der Waals surface area contributed by atoms with E-state index in [1.807, 2.05) is 67.6 Å². The standard InChI is InChI=1S/C22H20BrNO/c1-16-21(23)13-12-19(24-16)15-22(25)20(18-10-6-3-7-11-18)14-17-8-4-2-5-9-17/h2-13,20H,14-15H2,1H3. The predicted molar refractivity (Wildman–Crippen MR) is 105 cm³/mol. The minimum Gasteiger partial charge on any atom is -0.299 e. The molecule has 0 bridgehead atoms. The van der Waals surface area contributed by atoms with E-state index in [0.29, 0.717) is 12.8 Å². The number of hydrogen-bond donors (Lipinski definition) is 0. The number of halogens is 1. The Balaban J connectivity index is 1.85. The summed E-state index contributed by atoms with van der Waals surface area (Å²) in [6.07, 6.45) is 1.06. The summed E-state index contributed by atoms with van der Waals surface area (Å²) in [5.74, 6) is 0.0404. The topological polar surface area (TPSA) is 30.0 Å². The number of benzene rings is 2. The molecule has 0 saturated heterocycles. The van der Waals surface area contributed by atoms with Gasteiger partial charge in [-0.05, 0) is 52.5 Å². The molecule has 1 unspecified atom stereocenters. The molecule has 2 nitrogen and oxygen atoms in total. The first-order valence-electron chi connectivity index (χ1n) is 8.37. The van der Waals surface area contributed by atoms with Crippen LogP contribution in [0.25, 0.3) is 0 Å². The van der Waals surface area contributed by atoms with Crippen LogP contribution in [0.15, 0.2) is 77.3 Å². The second kappa shape index (κ2) is 8.21. The van der Waals surface area contributed by atoms with Gasteiger partial charge in [-0.1, -0.05) is 60.7 Å². The van der Waals surface area contributed by atoms with Crippen LogP contribution in [0, 0.1) is 6.92 Å². The van der Waals surface area contributed by atoms with E-state index in [0.717, 1.165) is 21.4 Å². The Bertz CT molecular complexity index is 846. The molecule has 0 N–H and O–H groups in total. The lowest BCUT2D eigenvalue weighted by molar-refractivity contribution is -0.119. The molecule has 0 aliphatic rings. The molecular formula is C22H20BrNO. The molecule has 0 radical (unpaired) electrons. The number of nitrogens with zero attached hydrogens (tertiary/aromatic N) is 1. The molecule has 25 heavy (non-hydrogen) atoms. The molecule has 0 aliphatic heterocycles. The summed E-state index contributed by atoms with van der Waals surface area (Å²) in [6, 6.07) is 24.1. The molecule has 1 aromatic heterocycles. The maximum atomic E-state index is 13.1. The SMILES string of the molecule is Cc1nc(CC(=O)C(Cc2ccccc2)c2ccccc2)ccc1Br. The zero-order chi connectivity index (χ0) is 17.6. The van der Waals surface area contributed by atoms with Crippen LogP contribution < -0.4 is 0 Å². The number of rotatable bonds is 6. The molecule has 1 heterocycles. The Morgan fingerprint density at radius 3 is 2.24 bits per heavy atom. The molecule has 2 aromatic carbocycles. The summed E-state index contributed by atoms with van der Waals surface area (Å²) in [6.45, 7) is 1.94. The van der Waals surface area contributed by atoms with Gasteiger partial charge in [-0.3, -0.25) is 9.78 Å². The van der Waals surface area contributed by atoms with E-state index in [4.69, 9.17) is 0 Å². The normalized spacial score (nSPS) is 11.9. The van der Waals surface area contributed by atoms with Gasteiger partial charge >= 0.3 is 0 Å². The Labute approximate surface area is 157 Å². The van der Waals surface area contributed by atoms with Crippen molar-refractivity contribution in [2.75, 3.05) is 0 Å². The van der Waals surface area contributed by atoms with Gasteiger partial charge in [0.05, 0.1) is 5.69 Å². The number of ketones is 1. The largest absolute Gasteiger partial charge is 0.299 e. The molecule has 3 heteroatoms. The summed E-state index contributed by atoms with van der Waals surface area (Å²) in [4.78, 5) is 17.6. The van der Waals surface area contributed by atoms with Crippen molar-refractivity contribution in [3.05, 3.63) is 99.8 Å². The molecule has 3 aromatic rings. The van der Waals surface area contributed by atoms with Gasteiger partial charge in [0.25, 0.3) is 0 Å². The van der Waals surface area contributed by atoms with Crippen molar-refractivity contribution in [2.24, 2.45) is 0 Å². The molecule has 0 spiro atoms. The number of carbonyl (C=O) groups is 1. The average Bonchev–Trinajstić information content (AvgIpc) is 2.64. The lowest BCUT2D eigenvalue weighted by atomic mass is 9.86. The van der Waals surface area contributed by atoms with E-state index >= 15 is 0 Å². The van der Waals surface area contributed by atoms with Crippen molar-refractivity contribution >= 4 is 21.7 Å². The summed E-state index contributed by atoms with van der Waals surface area (Å²) < 4.78 is 0.965. The van der Waals surface area contributed by atoms with Crippen LogP contribution in [-0.4, -0.2) is 10.8 Å². The molecule has 0 aliphatic carbocycles. The summed E-state index contributed by atoms with van der Waals surface area (Å²) >= 11 is 3.46. The Kier molecular flexibility index (Phi) is 5.77. The molecule has 0 saturated carbocycles. The fraction of sp³-hybridized carbons (Fsp3) is 0.182. The number of pyridine rings is 1. The van der Waals surface area contributed by atoms with E-state index in [1.165, 1.54) is 5.56 Å². The monoisotopic (exact) mass is 393 g/mol. The fourth-order valence-electron chi connectivity index (χ4n) is 2.95. The highest BCUT2D eigenvalue weighted by Crippen LogP contribution is 2.24. The molecule has 1 atom stereocenters. The third kappa shape index (κ3) is 4.64. The van der Waals surface area contributed by atoms with Crippen LogP contribution in [0.4, 0.5) is 0 Å². The van der Waals surface area contributed by atoms with Gasteiger partial charge in [-0.15, -0.1) is 0 Å². The second-order valence-corrected chi connectivity index (χ2v) is 7.02. The predicted octanol–water partition coefficient (Wildman–Crippen LogP) is 5.29. The van der Waals surface area contributed by atoms with E-state index in [2.05, 4.69) is 33.0 Å². The first-order chi connectivity index (χ1) is 12.1. The fourth-order valence-corrected chi connectivity index (χ4v) is 3.17. The van der Waals surface area contributed by atoms with Gasteiger partial charge in [0.1, 0.15) is 5.78 Å². The van der Waals surface area contributed by atoms with Crippen molar-refractivity contribution in [1.29, 1.82) is 0 Å². The van der Waals surface area contributed by atoms with E-state index in [-0.39, 0.29) is 11.7 Å². The highest BCUT2D eigenvalue weighted by Gasteiger charge is 2.21. The van der Waals surface area contributed by atoms with Crippen LogP contribution in [-0.2, 0) is 17.6 Å². The highest BCUT2D eigenvalue weighted by molar-refractivity contribution is 9.10. The van der Waals surface area contributed by atoms with Crippen molar-refractivity contribution < 1.29 is 4.79 Å². The Morgan fingerprint density at radius 2 is 1.60 bits per heavy atom. The van der Waals surface area contributed by atoms with Crippen LogP contribution in [0.3, 0.4) is 0 Å². The molecule has 0 amide bonds. The zero-order valence-corrected chi connectivity index (χ0v) is 15.7. The van der Waals surface area contributed by atoms with Crippen molar-refractivity contribution in [1.82, 2.24) is 4.98 Å². The third-order valence-corrected chi connectivity index (χ3v) is 5.15. The molecule has 126 valence electrons. The molecule has 0 fully saturated rings. The van der Waals surface area contributed by atoms with Gasteiger partial charge in [0.2, 0.25) is 0 Å². The first-order valence-corrected chi connectivity index (χ1v) is 9.16. The van der Waals surface area contributed by atoms with Gasteiger partial charge in [0, 0.05) is 22.5 Å². The second-order valence-electron chi connectivity index (χ2n) is 6.17. The first kappa shape index (κ1) is 17.6. The quantitative estimate of drug-likeness (QED) is 0.569. The average molecular weight is 394 g/mol. The number of hydrogen-bond acceptors (Lipinski definition) is 2. The minimum absolute atomic E-state index is 0.158. The van der Waals surface area contributed by atoms with Gasteiger partial charge < -0.3 is 0 Å².